The second kappa shape index (κ2) is 77.8. The first-order chi connectivity index (χ1) is 50.5. The molecule has 0 rings (SSSR count). The van der Waals surface area contributed by atoms with E-state index in [9.17, 15) is 43.2 Å². The van der Waals surface area contributed by atoms with Crippen molar-refractivity contribution in [2.75, 3.05) is 39.6 Å². The van der Waals surface area contributed by atoms with E-state index in [1.165, 1.54) is 283 Å². The average molecular weight is 1520 g/mol. The molecule has 104 heavy (non-hydrogen) atoms. The number of carbonyl (C=O) groups excluding carboxylic acids is 4. The van der Waals surface area contributed by atoms with E-state index in [1.807, 2.05) is 0 Å². The lowest BCUT2D eigenvalue weighted by Crippen LogP contribution is -2.30. The first-order valence-electron chi connectivity index (χ1n) is 44.1. The molecule has 0 aliphatic rings. The molecule has 0 aliphatic carbocycles. The van der Waals surface area contributed by atoms with Crippen LogP contribution in [-0.4, -0.2) is 96.7 Å². The largest absolute Gasteiger partial charge is 0.472 e. The van der Waals surface area contributed by atoms with Crippen molar-refractivity contribution >= 4 is 39.5 Å². The van der Waals surface area contributed by atoms with Crippen LogP contribution in [0.1, 0.15) is 458 Å². The number of aliphatic hydroxyl groups is 1. The van der Waals surface area contributed by atoms with E-state index in [0.29, 0.717) is 25.7 Å². The summed E-state index contributed by atoms with van der Waals surface area (Å²) in [6.45, 7) is 7.37. The van der Waals surface area contributed by atoms with Gasteiger partial charge in [-0.2, -0.15) is 0 Å². The van der Waals surface area contributed by atoms with Gasteiger partial charge >= 0.3 is 39.5 Å². The van der Waals surface area contributed by atoms with Gasteiger partial charge in [0.25, 0.3) is 0 Å². The molecule has 19 heteroatoms. The normalized spacial score (nSPS) is 13.8. The lowest BCUT2D eigenvalue weighted by molar-refractivity contribution is -0.161. The molecule has 17 nitrogen and oxygen atoms in total. The predicted octanol–water partition coefficient (Wildman–Crippen LogP) is 26.0. The van der Waals surface area contributed by atoms with Crippen molar-refractivity contribution in [1.29, 1.82) is 0 Å². The fourth-order valence-corrected chi connectivity index (χ4v) is 14.9. The molecule has 0 bridgehead atoms. The molecular weight excluding hydrogens is 1350 g/mol. The van der Waals surface area contributed by atoms with Gasteiger partial charge in [-0.25, -0.2) is 9.13 Å². The maximum Gasteiger partial charge on any atom is 0.472 e. The summed E-state index contributed by atoms with van der Waals surface area (Å²) in [5.41, 5.74) is 0. The van der Waals surface area contributed by atoms with Gasteiger partial charge in [-0.3, -0.25) is 37.3 Å². The number of phosphoric acid groups is 2. The molecule has 0 aromatic carbocycles. The molecule has 5 atom stereocenters. The molecule has 0 radical (unpaired) electrons. The van der Waals surface area contributed by atoms with Crippen LogP contribution in [0.3, 0.4) is 0 Å². The van der Waals surface area contributed by atoms with Crippen molar-refractivity contribution in [3.63, 3.8) is 0 Å². The van der Waals surface area contributed by atoms with Crippen LogP contribution >= 0.6 is 15.6 Å². The summed E-state index contributed by atoms with van der Waals surface area (Å²) in [5, 5.41) is 10.7. The Hall–Kier alpha value is -1.94. The van der Waals surface area contributed by atoms with Crippen molar-refractivity contribution in [3.8, 4) is 0 Å². The van der Waals surface area contributed by atoms with Gasteiger partial charge in [-0.05, 0) is 31.6 Å². The van der Waals surface area contributed by atoms with Gasteiger partial charge in [0.1, 0.15) is 19.3 Å². The van der Waals surface area contributed by atoms with E-state index in [-0.39, 0.29) is 25.7 Å². The predicted molar refractivity (Wildman–Crippen MR) is 428 cm³/mol. The van der Waals surface area contributed by atoms with Crippen molar-refractivity contribution in [2.24, 2.45) is 5.92 Å². The molecule has 3 N–H and O–H groups in total. The number of phosphoric ester groups is 2. The van der Waals surface area contributed by atoms with Gasteiger partial charge in [0.2, 0.25) is 0 Å². The number of hydrogen-bond acceptors (Lipinski definition) is 15. The van der Waals surface area contributed by atoms with Crippen LogP contribution in [0.15, 0.2) is 0 Å². The molecule has 0 fully saturated rings. The molecule has 0 aliphatic heterocycles. The number of hydrogen-bond donors (Lipinski definition) is 3. The summed E-state index contributed by atoms with van der Waals surface area (Å²) >= 11 is 0. The molecule has 0 spiro atoms. The standard InChI is InChI=1S/C85H166O17P2/c1-6-9-12-15-18-21-23-25-27-28-29-30-31-32-38-42-46-51-56-61-66-71-85(90)102-81(75-96-83(88)69-64-59-54-49-44-40-37-34-33-36-39-43-48-52-57-62-67-78(4)5)77-100-104(93,94)98-73-79(86)72-97-103(91,92)99-76-80(74-95-82(87)68-63-58-53-47-20-17-14-11-8-3)101-84(89)70-65-60-55-50-45-41-35-26-24-22-19-16-13-10-7-2/h78-81,86H,6-77H2,1-5H3,(H,91,92)(H,93,94)/t79-,80+,81+/m0/s1. The fraction of sp³-hybridized carbons (Fsp3) is 0.953. The highest BCUT2D eigenvalue weighted by atomic mass is 31.2. The lowest BCUT2D eigenvalue weighted by atomic mass is 10.0. The zero-order valence-electron chi connectivity index (χ0n) is 68.2. The number of ether oxygens (including phenoxy) is 4. The zero-order valence-corrected chi connectivity index (χ0v) is 70.0. The Morgan fingerprint density at radius 2 is 0.442 bits per heavy atom. The number of unbranched alkanes of at least 4 members (excludes halogenated alkanes) is 57. The molecule has 0 saturated heterocycles. The van der Waals surface area contributed by atoms with E-state index in [4.69, 9.17) is 37.0 Å². The summed E-state index contributed by atoms with van der Waals surface area (Å²) in [4.78, 5) is 73.1. The molecule has 0 aromatic rings. The summed E-state index contributed by atoms with van der Waals surface area (Å²) in [7, 11) is -9.92. The zero-order chi connectivity index (χ0) is 76.2. The SMILES string of the molecule is CCCCCCCCCCCCCCCCCCCCCCCC(=O)O[C@H](COC(=O)CCCCCCCCCCCCCCCCCCC(C)C)COP(=O)(O)OC[C@@H](O)COP(=O)(O)OC[C@@H](COC(=O)CCCCCCCCCCC)OC(=O)CCCCCCCCCCCCCCCCC. The highest BCUT2D eigenvalue weighted by Crippen LogP contribution is 2.45. The maximum atomic E-state index is 13.1. The molecule has 0 aromatic heterocycles. The summed E-state index contributed by atoms with van der Waals surface area (Å²) in [6.07, 6.45) is 70.9. The van der Waals surface area contributed by atoms with Gasteiger partial charge in [-0.1, -0.05) is 407 Å². The molecule has 618 valence electrons. The molecule has 2 unspecified atom stereocenters. The van der Waals surface area contributed by atoms with Gasteiger partial charge in [0, 0.05) is 25.7 Å². The molecule has 0 heterocycles. The third-order valence-electron chi connectivity index (χ3n) is 20.0. The summed E-state index contributed by atoms with van der Waals surface area (Å²) in [5.74, 6) is -1.29. The van der Waals surface area contributed by atoms with Crippen molar-refractivity contribution in [1.82, 2.24) is 0 Å². The minimum atomic E-state index is -4.96. The minimum absolute atomic E-state index is 0.109. The monoisotopic (exact) mass is 1520 g/mol. The Morgan fingerprint density at radius 3 is 0.654 bits per heavy atom. The smallest absolute Gasteiger partial charge is 0.462 e. The van der Waals surface area contributed by atoms with Crippen LogP contribution in [-0.2, 0) is 65.4 Å². The lowest BCUT2D eigenvalue weighted by Gasteiger charge is -2.21. The van der Waals surface area contributed by atoms with Crippen LogP contribution in [0.25, 0.3) is 0 Å². The van der Waals surface area contributed by atoms with E-state index in [0.717, 1.165) is 95.8 Å². The summed E-state index contributed by atoms with van der Waals surface area (Å²) < 4.78 is 68.8. The van der Waals surface area contributed by atoms with Crippen LogP contribution in [0.4, 0.5) is 0 Å². The highest BCUT2D eigenvalue weighted by molar-refractivity contribution is 7.47. The van der Waals surface area contributed by atoms with E-state index < -0.39 is 97.5 Å². The van der Waals surface area contributed by atoms with Crippen molar-refractivity contribution in [3.05, 3.63) is 0 Å². The first kappa shape index (κ1) is 102. The Bertz CT molecular complexity index is 1980. The van der Waals surface area contributed by atoms with Crippen LogP contribution < -0.4 is 0 Å². The third kappa shape index (κ3) is 78.2. The second-order valence-corrected chi connectivity index (χ2v) is 34.0. The number of carbonyl (C=O) groups is 4. The van der Waals surface area contributed by atoms with E-state index in [1.54, 1.807) is 0 Å². The van der Waals surface area contributed by atoms with Crippen LogP contribution in [0, 0.1) is 5.92 Å². The van der Waals surface area contributed by atoms with Gasteiger partial charge in [-0.15, -0.1) is 0 Å². The van der Waals surface area contributed by atoms with Crippen molar-refractivity contribution < 1.29 is 80.2 Å². The second-order valence-electron chi connectivity index (χ2n) is 31.1. The van der Waals surface area contributed by atoms with Gasteiger partial charge in [0.05, 0.1) is 26.4 Å². The van der Waals surface area contributed by atoms with Crippen LogP contribution in [0.2, 0.25) is 0 Å². The van der Waals surface area contributed by atoms with Gasteiger partial charge in [0.15, 0.2) is 12.2 Å². The number of esters is 4. The van der Waals surface area contributed by atoms with Crippen LogP contribution in [0.5, 0.6) is 0 Å². The Kier molecular flexibility index (Phi) is 76.3. The van der Waals surface area contributed by atoms with Gasteiger partial charge < -0.3 is 33.8 Å². The Morgan fingerprint density at radius 1 is 0.260 bits per heavy atom. The molecular formula is C85H166O17P2. The van der Waals surface area contributed by atoms with Crippen molar-refractivity contribution in [2.45, 2.75) is 477 Å². The quantitative estimate of drug-likeness (QED) is 0.0222. The van der Waals surface area contributed by atoms with E-state index >= 15 is 0 Å². The maximum absolute atomic E-state index is 13.1. The average Bonchev–Trinajstić information content (AvgIpc) is 0.908. The summed E-state index contributed by atoms with van der Waals surface area (Å²) in [6, 6.07) is 0. The molecule has 0 amide bonds. The topological polar surface area (TPSA) is 237 Å². The number of aliphatic hydroxyl groups excluding tert-OH is 1. The highest BCUT2D eigenvalue weighted by Gasteiger charge is 2.30. The Balaban J connectivity index is 5.20. The first-order valence-corrected chi connectivity index (χ1v) is 47.1. The minimum Gasteiger partial charge on any atom is -0.462 e. The fourth-order valence-electron chi connectivity index (χ4n) is 13.3. The Labute approximate surface area is 638 Å². The molecule has 0 saturated carbocycles. The third-order valence-corrected chi connectivity index (χ3v) is 21.9. The number of rotatable bonds is 85. The van der Waals surface area contributed by atoms with E-state index in [2.05, 4.69) is 34.6 Å².